The van der Waals surface area contributed by atoms with Crippen LogP contribution in [-0.2, 0) is 17.6 Å². The topological polar surface area (TPSA) is 68.0 Å². The Balaban J connectivity index is 1.34. The SMILES string of the molecule is O=C(NCCc1nc(-c2ccc(Cl)cc2)no1)C1CCCc2ccccc21. The minimum absolute atomic E-state index is 0.0673. The highest BCUT2D eigenvalue weighted by Gasteiger charge is 2.25. The van der Waals surface area contributed by atoms with Crippen LogP contribution in [0.5, 0.6) is 0 Å². The van der Waals surface area contributed by atoms with E-state index in [9.17, 15) is 4.79 Å². The van der Waals surface area contributed by atoms with Gasteiger partial charge in [-0.15, -0.1) is 0 Å². The lowest BCUT2D eigenvalue weighted by Gasteiger charge is -2.24. The fourth-order valence-electron chi connectivity index (χ4n) is 3.51. The Morgan fingerprint density at radius 1 is 1.19 bits per heavy atom. The van der Waals surface area contributed by atoms with Crippen molar-refractivity contribution >= 4 is 17.5 Å². The monoisotopic (exact) mass is 381 g/mol. The Morgan fingerprint density at radius 2 is 2.00 bits per heavy atom. The first-order chi connectivity index (χ1) is 13.2. The van der Waals surface area contributed by atoms with Crippen molar-refractivity contribution in [3.63, 3.8) is 0 Å². The molecule has 0 fully saturated rings. The maximum atomic E-state index is 12.6. The molecular formula is C21H20ClN3O2. The molecule has 27 heavy (non-hydrogen) atoms. The molecule has 2 aromatic carbocycles. The van der Waals surface area contributed by atoms with Crippen LogP contribution in [0.2, 0.25) is 5.02 Å². The number of nitrogens with one attached hydrogen (secondary N) is 1. The van der Waals surface area contributed by atoms with E-state index in [0.29, 0.717) is 29.7 Å². The van der Waals surface area contributed by atoms with Crippen molar-refractivity contribution in [2.45, 2.75) is 31.6 Å². The normalized spacial score (nSPS) is 16.0. The number of fused-ring (bicyclic) bond motifs is 1. The van der Waals surface area contributed by atoms with Crippen LogP contribution < -0.4 is 5.32 Å². The molecule has 1 aromatic heterocycles. The average Bonchev–Trinajstić information content (AvgIpc) is 3.17. The van der Waals surface area contributed by atoms with E-state index in [1.54, 1.807) is 12.1 Å². The summed E-state index contributed by atoms with van der Waals surface area (Å²) in [5.74, 6) is 1.03. The molecule has 1 aliphatic rings. The Morgan fingerprint density at radius 3 is 2.85 bits per heavy atom. The molecule has 1 atom stereocenters. The van der Waals surface area contributed by atoms with Gasteiger partial charge in [0.15, 0.2) is 0 Å². The summed E-state index contributed by atoms with van der Waals surface area (Å²) >= 11 is 5.89. The van der Waals surface area contributed by atoms with Gasteiger partial charge in [-0.3, -0.25) is 4.79 Å². The summed E-state index contributed by atoms with van der Waals surface area (Å²) in [5.41, 5.74) is 3.29. The molecule has 1 N–H and O–H groups in total. The Labute approximate surface area is 162 Å². The number of benzene rings is 2. The van der Waals surface area contributed by atoms with Crippen LogP contribution in [0.4, 0.5) is 0 Å². The number of rotatable bonds is 5. The molecule has 0 spiro atoms. The molecule has 5 nitrogen and oxygen atoms in total. The highest BCUT2D eigenvalue weighted by atomic mass is 35.5. The molecule has 3 aromatic rings. The highest BCUT2D eigenvalue weighted by molar-refractivity contribution is 6.30. The molecule has 0 saturated carbocycles. The number of carbonyl (C=O) groups is 1. The van der Waals surface area contributed by atoms with Crippen molar-refractivity contribution in [2.75, 3.05) is 6.54 Å². The van der Waals surface area contributed by atoms with Crippen LogP contribution >= 0.6 is 11.6 Å². The number of hydrogen-bond donors (Lipinski definition) is 1. The zero-order valence-electron chi connectivity index (χ0n) is 14.8. The second-order valence-corrected chi connectivity index (χ2v) is 7.14. The number of carbonyl (C=O) groups excluding carboxylic acids is 1. The van der Waals surface area contributed by atoms with Crippen molar-refractivity contribution in [3.05, 3.63) is 70.6 Å². The lowest BCUT2D eigenvalue weighted by Crippen LogP contribution is -2.32. The van der Waals surface area contributed by atoms with Gasteiger partial charge in [-0.2, -0.15) is 4.98 Å². The summed E-state index contributed by atoms with van der Waals surface area (Å²) in [6.07, 6.45) is 3.49. The van der Waals surface area contributed by atoms with Gasteiger partial charge in [-0.05, 0) is 54.7 Å². The van der Waals surface area contributed by atoms with E-state index >= 15 is 0 Å². The summed E-state index contributed by atoms with van der Waals surface area (Å²) in [5, 5.41) is 7.67. The smallest absolute Gasteiger partial charge is 0.228 e. The molecule has 0 aliphatic heterocycles. The number of nitrogens with zero attached hydrogens (tertiary/aromatic N) is 2. The van der Waals surface area contributed by atoms with E-state index in [1.165, 1.54) is 5.56 Å². The standard InChI is InChI=1S/C21H20ClN3O2/c22-16-10-8-15(9-11-16)20-24-19(27-25-20)12-13-23-21(26)18-7-3-5-14-4-1-2-6-17(14)18/h1-2,4,6,8-11,18H,3,5,7,12-13H2,(H,23,26). The molecule has 1 aliphatic carbocycles. The summed E-state index contributed by atoms with van der Waals surface area (Å²) in [6, 6.07) is 15.5. The first kappa shape index (κ1) is 17.7. The third-order valence-corrected chi connectivity index (χ3v) is 5.15. The van der Waals surface area contributed by atoms with E-state index in [2.05, 4.69) is 27.6 Å². The fourth-order valence-corrected chi connectivity index (χ4v) is 3.64. The molecule has 0 saturated heterocycles. The fraction of sp³-hybridized carbons (Fsp3) is 0.286. The molecule has 0 radical (unpaired) electrons. The molecule has 1 amide bonds. The van der Waals surface area contributed by atoms with Gasteiger partial charge in [0.05, 0.1) is 5.92 Å². The maximum absolute atomic E-state index is 12.6. The predicted octanol–water partition coefficient (Wildman–Crippen LogP) is 4.17. The number of halogens is 1. The van der Waals surface area contributed by atoms with Gasteiger partial charge in [-0.25, -0.2) is 0 Å². The van der Waals surface area contributed by atoms with E-state index in [-0.39, 0.29) is 11.8 Å². The quantitative estimate of drug-likeness (QED) is 0.720. The summed E-state index contributed by atoms with van der Waals surface area (Å²) < 4.78 is 5.29. The van der Waals surface area contributed by atoms with E-state index < -0.39 is 0 Å². The van der Waals surface area contributed by atoms with Gasteiger partial charge in [0.25, 0.3) is 0 Å². The number of hydrogen-bond acceptors (Lipinski definition) is 4. The molecule has 6 heteroatoms. The van der Waals surface area contributed by atoms with Gasteiger partial charge >= 0.3 is 0 Å². The van der Waals surface area contributed by atoms with Crippen LogP contribution in [0.3, 0.4) is 0 Å². The zero-order valence-corrected chi connectivity index (χ0v) is 15.6. The molecular weight excluding hydrogens is 362 g/mol. The second kappa shape index (κ2) is 7.92. The van der Waals surface area contributed by atoms with Crippen molar-refractivity contribution in [2.24, 2.45) is 0 Å². The van der Waals surface area contributed by atoms with Gasteiger partial charge in [0.1, 0.15) is 0 Å². The summed E-state index contributed by atoms with van der Waals surface area (Å²) in [4.78, 5) is 17.0. The largest absolute Gasteiger partial charge is 0.355 e. The van der Waals surface area contributed by atoms with Crippen molar-refractivity contribution < 1.29 is 9.32 Å². The van der Waals surface area contributed by atoms with Crippen molar-refractivity contribution in [1.82, 2.24) is 15.5 Å². The van der Waals surface area contributed by atoms with Crippen LogP contribution in [0.25, 0.3) is 11.4 Å². The molecule has 0 bridgehead atoms. The highest BCUT2D eigenvalue weighted by Crippen LogP contribution is 2.31. The molecule has 1 heterocycles. The average molecular weight is 382 g/mol. The Bertz CT molecular complexity index is 937. The zero-order chi connectivity index (χ0) is 18.6. The van der Waals surface area contributed by atoms with Crippen LogP contribution in [0.15, 0.2) is 53.1 Å². The van der Waals surface area contributed by atoms with E-state index in [4.69, 9.17) is 16.1 Å². The predicted molar refractivity (Wildman–Crippen MR) is 104 cm³/mol. The van der Waals surface area contributed by atoms with Gasteiger partial charge in [0.2, 0.25) is 17.6 Å². The van der Waals surface area contributed by atoms with Crippen LogP contribution in [-0.4, -0.2) is 22.6 Å². The first-order valence-corrected chi connectivity index (χ1v) is 9.52. The summed E-state index contributed by atoms with van der Waals surface area (Å²) in [6.45, 7) is 0.472. The third kappa shape index (κ3) is 4.03. The molecule has 1 unspecified atom stereocenters. The third-order valence-electron chi connectivity index (χ3n) is 4.89. The lowest BCUT2D eigenvalue weighted by atomic mass is 9.82. The van der Waals surface area contributed by atoms with Crippen molar-refractivity contribution in [3.8, 4) is 11.4 Å². The molecule has 4 rings (SSSR count). The van der Waals surface area contributed by atoms with Crippen LogP contribution in [0, 0.1) is 0 Å². The minimum Gasteiger partial charge on any atom is -0.355 e. The number of amides is 1. The lowest BCUT2D eigenvalue weighted by molar-refractivity contribution is -0.122. The number of aromatic nitrogens is 2. The van der Waals surface area contributed by atoms with E-state index in [0.717, 1.165) is 30.4 Å². The van der Waals surface area contributed by atoms with Gasteiger partial charge in [0, 0.05) is 23.6 Å². The first-order valence-electron chi connectivity index (χ1n) is 9.15. The second-order valence-electron chi connectivity index (χ2n) is 6.70. The minimum atomic E-state index is -0.0673. The van der Waals surface area contributed by atoms with Gasteiger partial charge in [-0.1, -0.05) is 41.0 Å². The number of aryl methyl sites for hydroxylation is 1. The Kier molecular flexibility index (Phi) is 5.21. The van der Waals surface area contributed by atoms with Gasteiger partial charge < -0.3 is 9.84 Å². The van der Waals surface area contributed by atoms with Crippen molar-refractivity contribution in [1.29, 1.82) is 0 Å². The maximum Gasteiger partial charge on any atom is 0.228 e. The Hall–Kier alpha value is -2.66. The molecule has 138 valence electrons. The summed E-state index contributed by atoms with van der Waals surface area (Å²) in [7, 11) is 0. The van der Waals surface area contributed by atoms with E-state index in [1.807, 2.05) is 24.3 Å². The van der Waals surface area contributed by atoms with Crippen LogP contribution in [0.1, 0.15) is 35.8 Å².